The van der Waals surface area contributed by atoms with Crippen molar-refractivity contribution in [2.45, 2.75) is 13.2 Å². The van der Waals surface area contributed by atoms with Crippen LogP contribution in [0.3, 0.4) is 0 Å². The maximum atomic E-state index is 12.6. The Morgan fingerprint density at radius 3 is 1.83 bits per heavy atom. The molecule has 0 unspecified atom stereocenters. The highest BCUT2D eigenvalue weighted by Crippen LogP contribution is 2.24. The molecule has 35 heavy (non-hydrogen) atoms. The molecule has 0 bridgehead atoms. The third-order valence-corrected chi connectivity index (χ3v) is 5.92. The molecule has 0 fully saturated rings. The standard InChI is InChI=1S/C24H15Cl4N3O4/c25-14-6-8-17(19(27)10-14)23(32)34-12-21-22(31(30-29-21)16-4-2-1-3-5-16)13-35-24(33)18-9-7-15(26)11-20(18)28/h1-11H,12-13H2. The van der Waals surface area contributed by atoms with Crippen molar-refractivity contribution in [3.05, 3.63) is 109 Å². The molecule has 0 amide bonds. The number of hydrogen-bond donors (Lipinski definition) is 0. The summed E-state index contributed by atoms with van der Waals surface area (Å²) in [5, 5.41) is 9.36. The predicted octanol–water partition coefficient (Wildman–Crippen LogP) is 6.59. The number of para-hydroxylation sites is 1. The lowest BCUT2D eigenvalue weighted by atomic mass is 10.2. The van der Waals surface area contributed by atoms with Crippen LogP contribution in [-0.2, 0) is 22.7 Å². The van der Waals surface area contributed by atoms with Gasteiger partial charge in [-0.1, -0.05) is 69.8 Å². The van der Waals surface area contributed by atoms with E-state index in [1.807, 2.05) is 18.2 Å². The molecule has 3 aromatic carbocycles. The zero-order chi connectivity index (χ0) is 24.9. The third-order valence-electron chi connectivity index (χ3n) is 4.83. The molecule has 7 nitrogen and oxygen atoms in total. The lowest BCUT2D eigenvalue weighted by Gasteiger charge is -2.11. The molecular formula is C24H15Cl4N3O4. The lowest BCUT2D eigenvalue weighted by Crippen LogP contribution is -2.12. The van der Waals surface area contributed by atoms with Gasteiger partial charge in [-0.25, -0.2) is 14.3 Å². The highest BCUT2D eigenvalue weighted by Gasteiger charge is 2.21. The smallest absolute Gasteiger partial charge is 0.340 e. The molecule has 0 aliphatic heterocycles. The number of esters is 2. The third kappa shape index (κ3) is 5.94. The van der Waals surface area contributed by atoms with Crippen molar-refractivity contribution in [2.24, 2.45) is 0 Å². The Labute approximate surface area is 220 Å². The number of carbonyl (C=O) groups excluding carboxylic acids is 2. The zero-order valence-corrected chi connectivity index (χ0v) is 20.8. The number of ether oxygens (including phenoxy) is 2. The average molecular weight is 551 g/mol. The van der Waals surface area contributed by atoms with Gasteiger partial charge in [-0.3, -0.25) is 0 Å². The predicted molar refractivity (Wildman–Crippen MR) is 133 cm³/mol. The molecule has 0 atom stereocenters. The van der Waals surface area contributed by atoms with Crippen LogP contribution < -0.4 is 0 Å². The van der Waals surface area contributed by atoms with E-state index in [-0.39, 0.29) is 34.4 Å². The zero-order valence-electron chi connectivity index (χ0n) is 17.8. The fourth-order valence-corrected chi connectivity index (χ4v) is 4.07. The molecule has 0 saturated carbocycles. The second-order valence-electron chi connectivity index (χ2n) is 7.13. The maximum absolute atomic E-state index is 12.6. The van der Waals surface area contributed by atoms with Crippen LogP contribution in [0.15, 0.2) is 66.7 Å². The van der Waals surface area contributed by atoms with E-state index in [4.69, 9.17) is 55.9 Å². The van der Waals surface area contributed by atoms with Crippen molar-refractivity contribution in [2.75, 3.05) is 0 Å². The Morgan fingerprint density at radius 1 is 0.743 bits per heavy atom. The van der Waals surface area contributed by atoms with Crippen molar-refractivity contribution in [1.82, 2.24) is 15.0 Å². The minimum atomic E-state index is -0.670. The van der Waals surface area contributed by atoms with E-state index in [2.05, 4.69) is 10.3 Å². The van der Waals surface area contributed by atoms with Crippen LogP contribution in [0, 0.1) is 0 Å². The summed E-state index contributed by atoms with van der Waals surface area (Å²) >= 11 is 24.0. The molecule has 178 valence electrons. The Balaban J connectivity index is 1.56. The van der Waals surface area contributed by atoms with Gasteiger partial charge in [0.25, 0.3) is 0 Å². The molecule has 4 rings (SSSR count). The van der Waals surface area contributed by atoms with Crippen LogP contribution in [0.25, 0.3) is 5.69 Å². The van der Waals surface area contributed by atoms with E-state index >= 15 is 0 Å². The van der Waals surface area contributed by atoms with Crippen LogP contribution >= 0.6 is 46.4 Å². The quantitative estimate of drug-likeness (QED) is 0.241. The molecule has 0 aliphatic rings. The topological polar surface area (TPSA) is 83.3 Å². The molecule has 0 aliphatic carbocycles. The monoisotopic (exact) mass is 549 g/mol. The maximum Gasteiger partial charge on any atom is 0.340 e. The van der Waals surface area contributed by atoms with Crippen LogP contribution in [0.4, 0.5) is 0 Å². The average Bonchev–Trinajstić information content (AvgIpc) is 3.24. The normalized spacial score (nSPS) is 10.7. The van der Waals surface area contributed by atoms with Crippen LogP contribution in [0.1, 0.15) is 32.1 Å². The molecular weight excluding hydrogens is 536 g/mol. The molecule has 4 aromatic rings. The number of hydrogen-bond acceptors (Lipinski definition) is 6. The van der Waals surface area contributed by atoms with Gasteiger partial charge in [-0.05, 0) is 48.5 Å². The minimum absolute atomic E-state index is 0.150. The number of halogens is 4. The van der Waals surface area contributed by atoms with Gasteiger partial charge in [0, 0.05) is 10.0 Å². The highest BCUT2D eigenvalue weighted by atomic mass is 35.5. The van der Waals surface area contributed by atoms with Gasteiger partial charge >= 0.3 is 11.9 Å². The Morgan fingerprint density at radius 2 is 1.29 bits per heavy atom. The molecule has 0 saturated heterocycles. The van der Waals surface area contributed by atoms with Crippen molar-refractivity contribution in [3.8, 4) is 5.69 Å². The summed E-state index contributed by atoms with van der Waals surface area (Å²) < 4.78 is 12.4. The Kier molecular flexibility index (Phi) is 7.93. The van der Waals surface area contributed by atoms with E-state index in [1.54, 1.807) is 12.1 Å². The molecule has 0 radical (unpaired) electrons. The van der Waals surface area contributed by atoms with Gasteiger partial charge in [0.1, 0.15) is 24.6 Å². The van der Waals surface area contributed by atoms with Gasteiger partial charge in [0.2, 0.25) is 0 Å². The number of benzene rings is 3. The first-order chi connectivity index (χ1) is 16.8. The van der Waals surface area contributed by atoms with Crippen molar-refractivity contribution >= 4 is 58.3 Å². The first kappa shape index (κ1) is 25.0. The van der Waals surface area contributed by atoms with Crippen LogP contribution in [-0.4, -0.2) is 26.9 Å². The van der Waals surface area contributed by atoms with Gasteiger partial charge < -0.3 is 9.47 Å². The first-order valence-electron chi connectivity index (χ1n) is 10.1. The summed E-state index contributed by atoms with van der Waals surface area (Å²) in [6.45, 7) is -0.451. The van der Waals surface area contributed by atoms with Gasteiger partial charge in [-0.15, -0.1) is 5.10 Å². The Hall–Kier alpha value is -3.10. The van der Waals surface area contributed by atoms with E-state index in [0.29, 0.717) is 27.1 Å². The minimum Gasteiger partial charge on any atom is -0.455 e. The SMILES string of the molecule is O=C(OCc1nnn(-c2ccccc2)c1COC(=O)c1ccc(Cl)cc1Cl)c1ccc(Cl)cc1Cl. The van der Waals surface area contributed by atoms with E-state index in [9.17, 15) is 9.59 Å². The molecule has 1 aromatic heterocycles. The number of carbonyl (C=O) groups is 2. The van der Waals surface area contributed by atoms with Crippen molar-refractivity contribution in [3.63, 3.8) is 0 Å². The van der Waals surface area contributed by atoms with Gasteiger partial charge in [0.15, 0.2) is 0 Å². The number of nitrogens with zero attached hydrogens (tertiary/aromatic N) is 3. The first-order valence-corrected chi connectivity index (χ1v) is 11.6. The van der Waals surface area contributed by atoms with Crippen molar-refractivity contribution in [1.29, 1.82) is 0 Å². The molecule has 11 heteroatoms. The van der Waals surface area contributed by atoms with Crippen LogP contribution in [0.2, 0.25) is 20.1 Å². The van der Waals surface area contributed by atoms with Gasteiger partial charge in [0.05, 0.1) is 26.9 Å². The fourth-order valence-electron chi connectivity index (χ4n) is 3.10. The lowest BCUT2D eigenvalue weighted by molar-refractivity contribution is 0.0428. The largest absolute Gasteiger partial charge is 0.455 e. The fraction of sp³-hybridized carbons (Fsp3) is 0.0833. The highest BCUT2D eigenvalue weighted by molar-refractivity contribution is 6.37. The second kappa shape index (κ2) is 11.1. The summed E-state index contributed by atoms with van der Waals surface area (Å²) in [7, 11) is 0. The summed E-state index contributed by atoms with van der Waals surface area (Å²) in [6.07, 6.45) is 0. The second-order valence-corrected chi connectivity index (χ2v) is 8.82. The summed E-state index contributed by atoms with van der Waals surface area (Å²) in [4.78, 5) is 25.2. The van der Waals surface area contributed by atoms with E-state index in [1.165, 1.54) is 41.1 Å². The Bertz CT molecular complexity index is 1390. The molecule has 0 spiro atoms. The number of rotatable bonds is 7. The van der Waals surface area contributed by atoms with E-state index < -0.39 is 11.9 Å². The molecule has 1 heterocycles. The van der Waals surface area contributed by atoms with E-state index in [0.717, 1.165) is 0 Å². The van der Waals surface area contributed by atoms with Crippen LogP contribution in [0.5, 0.6) is 0 Å². The van der Waals surface area contributed by atoms with Gasteiger partial charge in [-0.2, -0.15) is 0 Å². The molecule has 0 N–H and O–H groups in total. The summed E-state index contributed by atoms with van der Waals surface area (Å²) in [6, 6.07) is 18.0. The summed E-state index contributed by atoms with van der Waals surface area (Å²) in [5.41, 5.74) is 1.68. The number of aromatic nitrogens is 3. The summed E-state index contributed by atoms with van der Waals surface area (Å²) in [5.74, 6) is -1.33. The van der Waals surface area contributed by atoms with Crippen molar-refractivity contribution < 1.29 is 19.1 Å².